The van der Waals surface area contributed by atoms with Crippen molar-refractivity contribution in [1.82, 2.24) is 0 Å². The fraction of sp³-hybridized carbons (Fsp3) is 0. The predicted octanol–water partition coefficient (Wildman–Crippen LogP) is -2.28. The average molecular weight is 107 g/mol. The molecule has 0 fully saturated rings. The van der Waals surface area contributed by atoms with Gasteiger partial charge < -0.3 is 14.4 Å². The van der Waals surface area contributed by atoms with Gasteiger partial charge in [0.2, 0.25) is 0 Å². The van der Waals surface area contributed by atoms with Gasteiger partial charge in [0.05, 0.1) is 0 Å². The first-order chi connectivity index (χ1) is 1.73. The molecule has 0 bridgehead atoms. The summed E-state index contributed by atoms with van der Waals surface area (Å²) in [5.41, 5.74) is 0. The molecule has 5 heteroatoms. The van der Waals surface area contributed by atoms with E-state index in [4.69, 9.17) is 14.4 Å². The smallest absolute Gasteiger partial charge is 0.813 e. The molecule has 0 atom stereocenters. The minimum Gasteiger partial charge on any atom is -0.813 e. The van der Waals surface area contributed by atoms with E-state index in [0.29, 0.717) is 0 Å². The van der Waals surface area contributed by atoms with Gasteiger partial charge in [0.15, 0.2) is 0 Å². The second kappa shape index (κ2) is 4.68. The van der Waals surface area contributed by atoms with Gasteiger partial charge in [0.1, 0.15) is 0 Å². The largest absolute Gasteiger partial charge is 2.00 e. The Morgan fingerprint density at radius 1 is 1.40 bits per heavy atom. The summed E-state index contributed by atoms with van der Waals surface area (Å²) in [4.78, 5) is 17.0. The molecule has 0 aliphatic rings. The van der Waals surface area contributed by atoms with Crippen LogP contribution in [0.25, 0.3) is 0 Å². The van der Waals surface area contributed by atoms with Gasteiger partial charge in [-0.05, 0) is 0 Å². The molecule has 0 aromatic rings. The third-order valence-corrected chi connectivity index (χ3v) is 0. The van der Waals surface area contributed by atoms with Crippen molar-refractivity contribution in [3.63, 3.8) is 0 Å². The van der Waals surface area contributed by atoms with E-state index in [0.717, 1.165) is 0 Å². The molecule has 1 radical (unpaired) electrons. The van der Waals surface area contributed by atoms with Crippen molar-refractivity contribution in [2.45, 2.75) is 0 Å². The number of hydrogen-bond acceptors (Lipinski definition) is 3. The predicted molar refractivity (Wildman–Crippen MR) is 14.8 cm³/mol. The fourth-order valence-corrected chi connectivity index (χ4v) is 0. The Hall–Kier alpha value is 0.682. The summed E-state index contributed by atoms with van der Waals surface area (Å²) in [6, 6.07) is 0. The van der Waals surface area contributed by atoms with Gasteiger partial charge >= 0.3 is 17.4 Å². The van der Waals surface area contributed by atoms with Crippen molar-refractivity contribution in [2.24, 2.45) is 0 Å². The molecule has 0 heterocycles. The third-order valence-electron chi connectivity index (χ3n) is 0. The Bertz CT molecular complexity index is 29.9. The molecular formula is HAlO3P. The molecule has 0 unspecified atom stereocenters. The molecular weight excluding hydrogens is 106 g/mol. The standard InChI is InChI=1S/Al.H3O3P/c;1-4(2)3/h;4H,(H2,1,2,3)/q+2;/p-2. The maximum Gasteiger partial charge on any atom is 2.00 e. The minimum atomic E-state index is -3.63. The van der Waals surface area contributed by atoms with Crippen LogP contribution in [0.4, 0.5) is 0 Å². The zero-order valence-electron chi connectivity index (χ0n) is 2.30. The van der Waals surface area contributed by atoms with Crippen molar-refractivity contribution in [3.05, 3.63) is 0 Å². The zero-order valence-corrected chi connectivity index (χ0v) is 4.46. The summed E-state index contributed by atoms with van der Waals surface area (Å²) < 4.78 is 8.52. The first kappa shape index (κ1) is 9.19. The summed E-state index contributed by atoms with van der Waals surface area (Å²) in [7, 11) is -3.63. The molecule has 0 spiro atoms. The fourth-order valence-electron chi connectivity index (χ4n) is 0. The molecule has 0 aliphatic heterocycles. The molecule has 0 rings (SSSR count). The molecule has 3 nitrogen and oxygen atoms in total. The van der Waals surface area contributed by atoms with Crippen LogP contribution in [0.15, 0.2) is 0 Å². The van der Waals surface area contributed by atoms with Gasteiger partial charge in [0, 0.05) is 0 Å². The second-order valence-corrected chi connectivity index (χ2v) is 0.750. The molecule has 0 N–H and O–H groups in total. The normalized spacial score (nSPS) is 7.00. The summed E-state index contributed by atoms with van der Waals surface area (Å²) in [6.07, 6.45) is 0. The van der Waals surface area contributed by atoms with Crippen LogP contribution in [-0.4, -0.2) is 17.4 Å². The topological polar surface area (TPSA) is 63.2 Å². The average Bonchev–Trinajstić information content (AvgIpc) is 0.811. The van der Waals surface area contributed by atoms with Crippen LogP contribution in [0.2, 0.25) is 0 Å². The van der Waals surface area contributed by atoms with E-state index in [2.05, 4.69) is 0 Å². The van der Waals surface area contributed by atoms with E-state index in [1.54, 1.807) is 0 Å². The van der Waals surface area contributed by atoms with Crippen LogP contribution in [0.5, 0.6) is 0 Å². The van der Waals surface area contributed by atoms with Gasteiger partial charge in [-0.3, -0.25) is 0 Å². The Morgan fingerprint density at radius 3 is 1.40 bits per heavy atom. The molecule has 0 aliphatic carbocycles. The first-order valence-corrected chi connectivity index (χ1v) is 1.84. The van der Waals surface area contributed by atoms with E-state index in [9.17, 15) is 0 Å². The molecule has 27 valence electrons. The number of hydrogen-bond donors (Lipinski definition) is 0. The quantitative estimate of drug-likeness (QED) is 0.258. The Morgan fingerprint density at radius 2 is 1.40 bits per heavy atom. The Labute approximate surface area is 40.7 Å². The van der Waals surface area contributed by atoms with Gasteiger partial charge in [0.25, 0.3) is 0 Å². The van der Waals surface area contributed by atoms with Gasteiger partial charge in [-0.1, -0.05) is 8.25 Å². The minimum absolute atomic E-state index is 0. The van der Waals surface area contributed by atoms with Crippen molar-refractivity contribution >= 4 is 25.6 Å². The van der Waals surface area contributed by atoms with Crippen molar-refractivity contribution < 1.29 is 14.4 Å². The summed E-state index contributed by atoms with van der Waals surface area (Å²) in [6.45, 7) is 0. The van der Waals surface area contributed by atoms with Crippen molar-refractivity contribution in [3.8, 4) is 0 Å². The van der Waals surface area contributed by atoms with Gasteiger partial charge in [-0.15, -0.1) is 0 Å². The van der Waals surface area contributed by atoms with E-state index < -0.39 is 8.25 Å². The van der Waals surface area contributed by atoms with Crippen LogP contribution in [-0.2, 0) is 4.57 Å². The summed E-state index contributed by atoms with van der Waals surface area (Å²) in [5, 5.41) is 0. The van der Waals surface area contributed by atoms with Crippen LogP contribution in [0.1, 0.15) is 0 Å². The zero-order chi connectivity index (χ0) is 3.58. The molecule has 0 amide bonds. The van der Waals surface area contributed by atoms with Crippen LogP contribution < -0.4 is 9.79 Å². The molecule has 0 aromatic heterocycles. The Balaban J connectivity index is 0. The molecule has 0 aromatic carbocycles. The maximum atomic E-state index is 8.52. The number of rotatable bonds is 0. The summed E-state index contributed by atoms with van der Waals surface area (Å²) in [5.74, 6) is 0. The second-order valence-electron chi connectivity index (χ2n) is 0.250. The monoisotopic (exact) mass is 107 g/mol. The maximum absolute atomic E-state index is 8.52. The van der Waals surface area contributed by atoms with Crippen LogP contribution >= 0.6 is 8.25 Å². The Kier molecular flexibility index (Phi) is 8.60. The molecule has 5 heavy (non-hydrogen) atoms. The molecule has 0 saturated heterocycles. The summed E-state index contributed by atoms with van der Waals surface area (Å²) >= 11 is 0. The van der Waals surface area contributed by atoms with E-state index >= 15 is 0 Å². The van der Waals surface area contributed by atoms with E-state index in [-0.39, 0.29) is 17.4 Å². The van der Waals surface area contributed by atoms with Crippen LogP contribution in [0, 0.1) is 0 Å². The first-order valence-electron chi connectivity index (χ1n) is 0.612. The van der Waals surface area contributed by atoms with E-state index in [1.165, 1.54) is 0 Å². The van der Waals surface area contributed by atoms with E-state index in [1.807, 2.05) is 0 Å². The van der Waals surface area contributed by atoms with Gasteiger partial charge in [-0.25, -0.2) is 0 Å². The van der Waals surface area contributed by atoms with Crippen molar-refractivity contribution in [1.29, 1.82) is 0 Å². The van der Waals surface area contributed by atoms with Crippen LogP contribution in [0.3, 0.4) is 0 Å². The van der Waals surface area contributed by atoms with Crippen molar-refractivity contribution in [2.75, 3.05) is 0 Å². The third kappa shape index (κ3) is 72.3. The van der Waals surface area contributed by atoms with Gasteiger partial charge in [-0.2, -0.15) is 0 Å². The SMILES string of the molecule is O=[PH]([O-])[O-].[Al+2]. The molecule has 0 saturated carbocycles.